The van der Waals surface area contributed by atoms with E-state index in [1.165, 1.54) is 40.0 Å². The zero-order valence-corrected chi connectivity index (χ0v) is 40.3. The van der Waals surface area contributed by atoms with E-state index in [1.807, 2.05) is 30.6 Å². The molecule has 320 valence electrons. The van der Waals surface area contributed by atoms with Crippen molar-refractivity contribution in [3.05, 3.63) is 178 Å². The van der Waals surface area contributed by atoms with E-state index in [1.54, 1.807) is 0 Å². The van der Waals surface area contributed by atoms with Gasteiger partial charge in [-0.15, -0.1) is 0 Å². The summed E-state index contributed by atoms with van der Waals surface area (Å²) in [6.45, 7) is 24.6. The molecule has 0 aliphatic heterocycles. The molecule has 1 aliphatic carbocycles. The van der Waals surface area contributed by atoms with Crippen molar-refractivity contribution >= 4 is 9.24 Å². The predicted molar refractivity (Wildman–Crippen MR) is 270 cm³/mol. The van der Waals surface area contributed by atoms with Crippen LogP contribution in [0, 0.1) is 35.3 Å². The second-order valence-corrected chi connectivity index (χ2v) is 18.2. The lowest BCUT2D eigenvalue weighted by atomic mass is 9.80. The summed E-state index contributed by atoms with van der Waals surface area (Å²) in [5.41, 5.74) is 16.1. The molecule has 0 saturated carbocycles. The summed E-state index contributed by atoms with van der Waals surface area (Å²) in [5, 5.41) is 0. The van der Waals surface area contributed by atoms with E-state index in [0.717, 1.165) is 51.5 Å². The van der Waals surface area contributed by atoms with Crippen LogP contribution in [-0.2, 0) is 5.41 Å². The average Bonchev–Trinajstić information content (AvgIpc) is 3.97. The zero-order valence-electron chi connectivity index (χ0n) is 39.1. The Kier molecular flexibility index (Phi) is 15.3. The van der Waals surface area contributed by atoms with Crippen molar-refractivity contribution in [3.8, 4) is 58.0 Å². The second-order valence-electron chi connectivity index (χ2n) is 17.9. The summed E-state index contributed by atoms with van der Waals surface area (Å²) in [5.74, 6) is 20.3. The Morgan fingerprint density at radius 2 is 1.06 bits per heavy atom. The standard InChI is InChI=1S/C55H55N4P.C3H8/c1-37(2)47-12-10-13-48(38(3)4)51(47)58-31-29-56-53(58)46-22-20-41(21-23-46)16-18-43-34-44(36-45(35-43)26-33-60)19-17-42-24-27-55(9,28-25-42)54-57-30-32-59(54)52-49(39(5)6)14-11-15-50(52)40(7)8;1-3-2/h10-15,20-25,27,29-32,34-40H,28,60H2,1-9H3;3H2,1-2H3. The Hall–Kier alpha value is -6.11. The second kappa shape index (κ2) is 20.8. The normalized spacial score (nSPS) is 14.3. The summed E-state index contributed by atoms with van der Waals surface area (Å²) >= 11 is 0. The number of nitrogens with zero attached hydrogens (tertiary/aromatic N) is 4. The summed E-state index contributed by atoms with van der Waals surface area (Å²) in [6.07, 6.45) is 16.7. The van der Waals surface area contributed by atoms with Crippen LogP contribution >= 0.6 is 9.24 Å². The molecule has 0 amide bonds. The molecule has 0 N–H and O–H groups in total. The molecular formula is C58H63N4P. The van der Waals surface area contributed by atoms with Gasteiger partial charge in [0.25, 0.3) is 0 Å². The Balaban J connectivity index is 0.00000214. The van der Waals surface area contributed by atoms with Crippen LogP contribution < -0.4 is 0 Å². The molecule has 63 heavy (non-hydrogen) atoms. The number of para-hydroxylation sites is 2. The van der Waals surface area contributed by atoms with Gasteiger partial charge in [0.1, 0.15) is 11.6 Å². The highest BCUT2D eigenvalue weighted by Gasteiger charge is 2.31. The fraction of sp³-hybridized carbons (Fsp3) is 0.310. The van der Waals surface area contributed by atoms with E-state index < -0.39 is 0 Å². The number of aromatic nitrogens is 4. The lowest BCUT2D eigenvalue weighted by Crippen LogP contribution is -2.26. The first-order chi connectivity index (χ1) is 30.3. The smallest absolute Gasteiger partial charge is 0.144 e. The first-order valence-electron chi connectivity index (χ1n) is 22.5. The lowest BCUT2D eigenvalue weighted by molar-refractivity contribution is 0.543. The van der Waals surface area contributed by atoms with E-state index in [9.17, 15) is 0 Å². The van der Waals surface area contributed by atoms with Crippen molar-refractivity contribution < 1.29 is 0 Å². The van der Waals surface area contributed by atoms with Crippen molar-refractivity contribution in [3.63, 3.8) is 0 Å². The minimum Gasteiger partial charge on any atom is -0.302 e. The highest BCUT2D eigenvalue weighted by Crippen LogP contribution is 2.38. The fourth-order valence-corrected chi connectivity index (χ4v) is 8.26. The van der Waals surface area contributed by atoms with Crippen LogP contribution in [0.4, 0.5) is 0 Å². The number of allylic oxidation sites excluding steroid dienone is 4. The third-order valence-corrected chi connectivity index (χ3v) is 11.5. The van der Waals surface area contributed by atoms with Gasteiger partial charge in [-0.05, 0) is 95.7 Å². The van der Waals surface area contributed by atoms with Gasteiger partial charge >= 0.3 is 0 Å². The van der Waals surface area contributed by atoms with Gasteiger partial charge in [-0.3, -0.25) is 4.57 Å². The number of hydrogen-bond donors (Lipinski definition) is 0. The minimum atomic E-state index is -0.278. The average molecular weight is 847 g/mol. The summed E-state index contributed by atoms with van der Waals surface area (Å²) < 4.78 is 4.57. The van der Waals surface area contributed by atoms with Crippen LogP contribution in [0.3, 0.4) is 0 Å². The Morgan fingerprint density at radius 3 is 1.56 bits per heavy atom. The van der Waals surface area contributed by atoms with Gasteiger partial charge in [0, 0.05) is 63.6 Å². The first kappa shape index (κ1) is 46.4. The molecule has 1 aliphatic rings. The summed E-state index contributed by atoms with van der Waals surface area (Å²) in [6, 6.07) is 27.8. The Morgan fingerprint density at radius 1 is 0.603 bits per heavy atom. The van der Waals surface area contributed by atoms with Gasteiger partial charge in [0.05, 0.1) is 11.4 Å². The maximum absolute atomic E-state index is 4.95. The van der Waals surface area contributed by atoms with Gasteiger partial charge in [0.15, 0.2) is 0 Å². The van der Waals surface area contributed by atoms with Gasteiger partial charge in [-0.2, -0.15) is 0 Å². The molecule has 2 atom stereocenters. The number of benzene rings is 4. The minimum absolute atomic E-state index is 0.278. The van der Waals surface area contributed by atoms with Gasteiger partial charge < -0.3 is 4.57 Å². The van der Waals surface area contributed by atoms with Crippen molar-refractivity contribution in [2.45, 2.75) is 118 Å². The van der Waals surface area contributed by atoms with Gasteiger partial charge in [-0.1, -0.05) is 181 Å². The van der Waals surface area contributed by atoms with Crippen LogP contribution in [0.15, 0.2) is 127 Å². The van der Waals surface area contributed by atoms with E-state index >= 15 is 0 Å². The Bertz CT molecular complexity index is 2750. The summed E-state index contributed by atoms with van der Waals surface area (Å²) in [4.78, 5) is 9.76. The van der Waals surface area contributed by atoms with E-state index in [0.29, 0.717) is 23.7 Å². The number of imidazole rings is 2. The van der Waals surface area contributed by atoms with E-state index in [-0.39, 0.29) is 5.41 Å². The lowest BCUT2D eigenvalue weighted by Gasteiger charge is -2.30. The van der Waals surface area contributed by atoms with Crippen LogP contribution in [0.1, 0.15) is 163 Å². The topological polar surface area (TPSA) is 35.6 Å². The molecule has 2 unspecified atom stereocenters. The molecule has 0 spiro atoms. The third kappa shape index (κ3) is 10.7. The molecular weight excluding hydrogens is 784 g/mol. The molecule has 4 nitrogen and oxygen atoms in total. The van der Waals surface area contributed by atoms with Crippen molar-refractivity contribution in [1.82, 2.24) is 19.1 Å². The molecule has 0 fully saturated rings. The quantitative estimate of drug-likeness (QED) is 0.113. The van der Waals surface area contributed by atoms with E-state index in [2.05, 4.69) is 221 Å². The van der Waals surface area contributed by atoms with Crippen LogP contribution in [0.2, 0.25) is 0 Å². The van der Waals surface area contributed by atoms with Crippen LogP contribution in [-0.4, -0.2) is 19.1 Å². The molecule has 0 saturated heterocycles. The van der Waals surface area contributed by atoms with Crippen molar-refractivity contribution in [2.24, 2.45) is 0 Å². The highest BCUT2D eigenvalue weighted by molar-refractivity contribution is 7.23. The van der Waals surface area contributed by atoms with Crippen molar-refractivity contribution in [1.29, 1.82) is 0 Å². The SMILES string of the molecule is CC(C)c1cccc(C(C)C)c1-n1ccnc1-c1ccc(C#Cc2cc(C#CP)cc(C#CC3=CCC(C)(c4nccn4-c4c(C(C)C)cccc4C(C)C)C=C3)c2)cc1.CCC. The van der Waals surface area contributed by atoms with Gasteiger partial charge in [-0.25, -0.2) is 9.97 Å². The monoisotopic (exact) mass is 846 g/mol. The maximum atomic E-state index is 4.95. The Labute approximate surface area is 380 Å². The molecule has 5 heteroatoms. The number of hydrogen-bond acceptors (Lipinski definition) is 2. The number of rotatable bonds is 8. The molecule has 6 aromatic rings. The molecule has 2 aromatic heterocycles. The highest BCUT2D eigenvalue weighted by atomic mass is 31.0. The molecule has 2 heterocycles. The van der Waals surface area contributed by atoms with Crippen LogP contribution in [0.5, 0.6) is 0 Å². The predicted octanol–water partition coefficient (Wildman–Crippen LogP) is 14.4. The molecule has 0 radical (unpaired) electrons. The molecule has 7 rings (SSSR count). The third-order valence-electron chi connectivity index (χ3n) is 11.3. The molecule has 4 aromatic carbocycles. The zero-order chi connectivity index (χ0) is 45.3. The maximum Gasteiger partial charge on any atom is 0.144 e. The summed E-state index contributed by atoms with van der Waals surface area (Å²) in [7, 11) is 2.49. The van der Waals surface area contributed by atoms with Crippen LogP contribution in [0.25, 0.3) is 22.8 Å². The fourth-order valence-electron chi connectivity index (χ4n) is 8.09. The first-order valence-corrected chi connectivity index (χ1v) is 23.1. The largest absolute Gasteiger partial charge is 0.302 e. The van der Waals surface area contributed by atoms with Crippen molar-refractivity contribution in [2.75, 3.05) is 0 Å². The van der Waals surface area contributed by atoms with Gasteiger partial charge in [0.2, 0.25) is 0 Å². The molecule has 0 bridgehead atoms. The van der Waals surface area contributed by atoms with E-state index in [4.69, 9.17) is 9.97 Å².